The van der Waals surface area contributed by atoms with Crippen LogP contribution in [0.2, 0.25) is 0 Å². The first-order valence-electron chi connectivity index (χ1n) is 10.5. The Morgan fingerprint density at radius 3 is 2.32 bits per heavy atom. The molecule has 0 unspecified atom stereocenters. The van der Waals surface area contributed by atoms with E-state index in [2.05, 4.69) is 24.3 Å². The van der Waals surface area contributed by atoms with E-state index in [9.17, 15) is 9.59 Å². The zero-order valence-electron chi connectivity index (χ0n) is 17.7. The van der Waals surface area contributed by atoms with Crippen molar-refractivity contribution in [3.05, 3.63) is 106 Å². The molecule has 31 heavy (non-hydrogen) atoms. The lowest BCUT2D eigenvalue weighted by molar-refractivity contribution is 0.102. The largest absolute Gasteiger partial charge is 0.320 e. The summed E-state index contributed by atoms with van der Waals surface area (Å²) in [6.45, 7) is 4.56. The molecule has 0 fully saturated rings. The van der Waals surface area contributed by atoms with Gasteiger partial charge in [-0.05, 0) is 35.6 Å². The van der Waals surface area contributed by atoms with Gasteiger partial charge < -0.3 is 5.32 Å². The van der Waals surface area contributed by atoms with Gasteiger partial charge in [-0.25, -0.2) is 4.68 Å². The van der Waals surface area contributed by atoms with Crippen LogP contribution < -0.4 is 10.9 Å². The second kappa shape index (κ2) is 8.96. The van der Waals surface area contributed by atoms with Crippen molar-refractivity contribution in [2.45, 2.75) is 32.7 Å². The number of amides is 1. The number of nitrogens with one attached hydrogen (secondary N) is 1. The average Bonchev–Trinajstić information content (AvgIpc) is 2.81. The highest BCUT2D eigenvalue weighted by atomic mass is 16.2. The molecule has 0 saturated carbocycles. The maximum atomic E-state index is 13.3. The SMILES string of the molecule is CC[C@H](C)c1ccccc1NC(=O)c1nn(Cc2ccccc2)c(=O)c2ccccc12. The Bertz CT molecular complexity index is 1280. The zero-order chi connectivity index (χ0) is 21.8. The van der Waals surface area contributed by atoms with Crippen molar-refractivity contribution in [1.29, 1.82) is 0 Å². The molecule has 156 valence electrons. The summed E-state index contributed by atoms with van der Waals surface area (Å²) >= 11 is 0. The number of hydrogen-bond donors (Lipinski definition) is 1. The van der Waals surface area contributed by atoms with Crippen LogP contribution in [0.4, 0.5) is 5.69 Å². The molecule has 1 heterocycles. The van der Waals surface area contributed by atoms with E-state index in [4.69, 9.17) is 0 Å². The smallest absolute Gasteiger partial charge is 0.276 e. The van der Waals surface area contributed by atoms with Gasteiger partial charge in [-0.15, -0.1) is 0 Å². The van der Waals surface area contributed by atoms with Crippen molar-refractivity contribution in [2.24, 2.45) is 0 Å². The number of benzene rings is 3. The third kappa shape index (κ3) is 4.26. The van der Waals surface area contributed by atoms with Crippen LogP contribution in [0, 0.1) is 0 Å². The molecule has 0 aliphatic rings. The van der Waals surface area contributed by atoms with E-state index in [1.165, 1.54) is 4.68 Å². The number of aromatic nitrogens is 2. The molecule has 0 radical (unpaired) electrons. The fourth-order valence-corrected chi connectivity index (χ4v) is 3.71. The van der Waals surface area contributed by atoms with Crippen LogP contribution in [0.15, 0.2) is 83.7 Å². The molecule has 5 heteroatoms. The predicted molar refractivity (Wildman–Crippen MR) is 125 cm³/mol. The van der Waals surface area contributed by atoms with Crippen molar-refractivity contribution in [1.82, 2.24) is 9.78 Å². The number of hydrogen-bond acceptors (Lipinski definition) is 3. The van der Waals surface area contributed by atoms with Crippen LogP contribution in [0.3, 0.4) is 0 Å². The van der Waals surface area contributed by atoms with E-state index in [0.717, 1.165) is 23.2 Å². The molecular formula is C26H25N3O2. The summed E-state index contributed by atoms with van der Waals surface area (Å²) in [5.41, 5.74) is 2.83. The molecule has 5 nitrogen and oxygen atoms in total. The van der Waals surface area contributed by atoms with Gasteiger partial charge in [0.15, 0.2) is 5.69 Å². The minimum atomic E-state index is -0.325. The predicted octanol–water partition coefficient (Wildman–Crippen LogP) is 5.21. The number of carbonyl (C=O) groups is 1. The van der Waals surface area contributed by atoms with Crippen LogP contribution >= 0.6 is 0 Å². The molecule has 4 aromatic rings. The topological polar surface area (TPSA) is 64.0 Å². The van der Waals surface area contributed by atoms with E-state index < -0.39 is 0 Å². The van der Waals surface area contributed by atoms with Crippen LogP contribution in [-0.2, 0) is 6.54 Å². The molecule has 0 saturated heterocycles. The van der Waals surface area contributed by atoms with Crippen LogP contribution in [0.5, 0.6) is 0 Å². The van der Waals surface area contributed by atoms with Gasteiger partial charge in [0.05, 0.1) is 11.9 Å². The number of fused-ring (bicyclic) bond motifs is 1. The Morgan fingerprint density at radius 1 is 0.935 bits per heavy atom. The van der Waals surface area contributed by atoms with Gasteiger partial charge in [0, 0.05) is 11.1 Å². The first kappa shape index (κ1) is 20.5. The molecule has 4 rings (SSSR count). The van der Waals surface area contributed by atoms with E-state index in [0.29, 0.717) is 23.2 Å². The quantitative estimate of drug-likeness (QED) is 0.474. The minimum absolute atomic E-state index is 0.212. The molecule has 1 aromatic heterocycles. The molecule has 1 N–H and O–H groups in total. The molecule has 0 bridgehead atoms. The van der Waals surface area contributed by atoms with Gasteiger partial charge in [-0.1, -0.05) is 80.6 Å². The zero-order valence-corrected chi connectivity index (χ0v) is 17.7. The second-order valence-corrected chi connectivity index (χ2v) is 7.69. The Labute approximate surface area is 181 Å². The van der Waals surface area contributed by atoms with Crippen molar-refractivity contribution in [3.8, 4) is 0 Å². The lowest BCUT2D eigenvalue weighted by Crippen LogP contribution is -2.28. The molecule has 3 aromatic carbocycles. The van der Waals surface area contributed by atoms with E-state index in [1.807, 2.05) is 60.7 Å². The Morgan fingerprint density at radius 2 is 1.58 bits per heavy atom. The molecule has 0 spiro atoms. The third-order valence-corrected chi connectivity index (χ3v) is 5.61. The molecular weight excluding hydrogens is 386 g/mol. The van der Waals surface area contributed by atoms with Crippen molar-refractivity contribution in [3.63, 3.8) is 0 Å². The number of carbonyl (C=O) groups excluding carboxylic acids is 1. The summed E-state index contributed by atoms with van der Waals surface area (Å²) in [7, 11) is 0. The Kier molecular flexibility index (Phi) is 5.94. The highest BCUT2D eigenvalue weighted by Gasteiger charge is 2.19. The molecule has 0 aliphatic heterocycles. The standard InChI is InChI=1S/C26H25N3O2/c1-3-18(2)20-13-9-10-16-23(20)27-25(30)24-21-14-7-8-15-22(21)26(31)29(28-24)17-19-11-5-4-6-12-19/h4-16,18H,3,17H2,1-2H3,(H,27,30)/t18-/m0/s1. The lowest BCUT2D eigenvalue weighted by Gasteiger charge is -2.16. The summed E-state index contributed by atoms with van der Waals surface area (Å²) in [4.78, 5) is 26.3. The molecule has 1 atom stereocenters. The highest BCUT2D eigenvalue weighted by molar-refractivity contribution is 6.11. The first-order valence-corrected chi connectivity index (χ1v) is 10.5. The van der Waals surface area contributed by atoms with Gasteiger partial charge in [0.25, 0.3) is 11.5 Å². The van der Waals surface area contributed by atoms with Gasteiger partial charge in [0.2, 0.25) is 0 Å². The normalized spacial score (nSPS) is 11.9. The highest BCUT2D eigenvalue weighted by Crippen LogP contribution is 2.27. The number of nitrogens with zero attached hydrogens (tertiary/aromatic N) is 2. The summed E-state index contributed by atoms with van der Waals surface area (Å²) < 4.78 is 1.37. The first-order chi connectivity index (χ1) is 15.1. The van der Waals surface area contributed by atoms with E-state index >= 15 is 0 Å². The summed E-state index contributed by atoms with van der Waals surface area (Å²) in [5, 5.41) is 8.54. The van der Waals surface area contributed by atoms with Crippen LogP contribution in [-0.4, -0.2) is 15.7 Å². The van der Waals surface area contributed by atoms with Crippen LogP contribution in [0.1, 0.15) is 47.8 Å². The number of rotatable bonds is 6. The fourth-order valence-electron chi connectivity index (χ4n) is 3.71. The number of anilines is 1. The Hall–Kier alpha value is -3.73. The van der Waals surface area contributed by atoms with Gasteiger partial charge in [-0.2, -0.15) is 5.10 Å². The van der Waals surface area contributed by atoms with Gasteiger partial charge in [0.1, 0.15) is 0 Å². The van der Waals surface area contributed by atoms with Crippen LogP contribution in [0.25, 0.3) is 10.8 Å². The number of para-hydroxylation sites is 1. The summed E-state index contributed by atoms with van der Waals surface area (Å²) in [6, 6.07) is 24.6. The van der Waals surface area contributed by atoms with Gasteiger partial charge >= 0.3 is 0 Å². The fraction of sp³-hybridized carbons (Fsp3) is 0.192. The van der Waals surface area contributed by atoms with E-state index in [-0.39, 0.29) is 17.2 Å². The van der Waals surface area contributed by atoms with Crippen molar-refractivity contribution in [2.75, 3.05) is 5.32 Å². The Balaban J connectivity index is 1.78. The summed E-state index contributed by atoms with van der Waals surface area (Å²) in [5.74, 6) is -0.0120. The maximum absolute atomic E-state index is 13.3. The third-order valence-electron chi connectivity index (χ3n) is 5.61. The molecule has 1 amide bonds. The minimum Gasteiger partial charge on any atom is -0.320 e. The lowest BCUT2D eigenvalue weighted by atomic mass is 9.97. The van der Waals surface area contributed by atoms with Gasteiger partial charge in [-0.3, -0.25) is 9.59 Å². The van der Waals surface area contributed by atoms with E-state index in [1.54, 1.807) is 18.2 Å². The second-order valence-electron chi connectivity index (χ2n) is 7.69. The van der Waals surface area contributed by atoms with Crippen molar-refractivity contribution >= 4 is 22.4 Å². The average molecular weight is 412 g/mol. The molecule has 0 aliphatic carbocycles. The summed E-state index contributed by atoms with van der Waals surface area (Å²) in [6.07, 6.45) is 0.968. The monoisotopic (exact) mass is 411 g/mol. The maximum Gasteiger partial charge on any atom is 0.276 e. The van der Waals surface area contributed by atoms with Crippen molar-refractivity contribution < 1.29 is 4.79 Å².